The Morgan fingerprint density at radius 3 is 2.50 bits per heavy atom. The third-order valence-electron chi connectivity index (χ3n) is 4.01. The SMILES string of the molecule is CCCCCC(O)C1OC1C=CCC=CCC=CCCCC(=O)O. The summed E-state index contributed by atoms with van der Waals surface area (Å²) in [7, 11) is 0. The van der Waals surface area contributed by atoms with Crippen molar-refractivity contribution in [3.8, 4) is 0 Å². The molecule has 0 saturated carbocycles. The molecular formula is C20H32O4. The molecule has 0 bridgehead atoms. The minimum atomic E-state index is -0.731. The third kappa shape index (κ3) is 10.4. The Morgan fingerprint density at radius 2 is 1.79 bits per heavy atom. The summed E-state index contributed by atoms with van der Waals surface area (Å²) in [6.07, 6.45) is 19.9. The van der Waals surface area contributed by atoms with Crippen molar-refractivity contribution >= 4 is 5.97 Å². The fraction of sp³-hybridized carbons (Fsp3) is 0.650. The van der Waals surface area contributed by atoms with Crippen molar-refractivity contribution in [2.45, 2.75) is 83.0 Å². The van der Waals surface area contributed by atoms with Gasteiger partial charge in [-0.1, -0.05) is 62.6 Å². The Kier molecular flexibility index (Phi) is 11.2. The van der Waals surface area contributed by atoms with Crippen molar-refractivity contribution in [3.63, 3.8) is 0 Å². The first kappa shape index (κ1) is 20.7. The van der Waals surface area contributed by atoms with Crippen LogP contribution in [0, 0.1) is 0 Å². The molecular weight excluding hydrogens is 304 g/mol. The van der Waals surface area contributed by atoms with Crippen LogP contribution in [0.5, 0.6) is 0 Å². The number of rotatable bonds is 14. The van der Waals surface area contributed by atoms with Crippen LogP contribution in [-0.2, 0) is 9.53 Å². The van der Waals surface area contributed by atoms with Crippen LogP contribution in [0.4, 0.5) is 0 Å². The maximum atomic E-state index is 10.3. The van der Waals surface area contributed by atoms with Crippen LogP contribution in [0.15, 0.2) is 36.5 Å². The van der Waals surface area contributed by atoms with Crippen LogP contribution in [-0.4, -0.2) is 34.5 Å². The van der Waals surface area contributed by atoms with Gasteiger partial charge in [-0.15, -0.1) is 0 Å². The number of epoxide rings is 1. The summed E-state index contributed by atoms with van der Waals surface area (Å²) in [5.74, 6) is -0.731. The predicted molar refractivity (Wildman–Crippen MR) is 97.0 cm³/mol. The van der Waals surface area contributed by atoms with Gasteiger partial charge in [0.15, 0.2) is 0 Å². The average Bonchev–Trinajstić information content (AvgIpc) is 3.32. The van der Waals surface area contributed by atoms with Gasteiger partial charge in [0.25, 0.3) is 0 Å². The van der Waals surface area contributed by atoms with Crippen LogP contribution in [0.2, 0.25) is 0 Å². The molecule has 4 nitrogen and oxygen atoms in total. The minimum Gasteiger partial charge on any atom is -0.481 e. The number of aliphatic hydroxyl groups excluding tert-OH is 1. The molecule has 0 aromatic heterocycles. The Hall–Kier alpha value is -1.39. The molecule has 3 atom stereocenters. The molecule has 0 amide bonds. The molecule has 4 heteroatoms. The number of carbonyl (C=O) groups is 1. The number of aliphatic carboxylic acids is 1. The van der Waals surface area contributed by atoms with E-state index in [4.69, 9.17) is 9.84 Å². The second-order valence-electron chi connectivity index (χ2n) is 6.26. The Balaban J connectivity index is 2.00. The van der Waals surface area contributed by atoms with Gasteiger partial charge in [0.05, 0.1) is 6.10 Å². The number of carboxylic acid groups (broad SMARTS) is 1. The number of hydrogen-bond donors (Lipinski definition) is 2. The van der Waals surface area contributed by atoms with Gasteiger partial charge in [0.1, 0.15) is 12.2 Å². The van der Waals surface area contributed by atoms with Gasteiger partial charge >= 0.3 is 5.97 Å². The van der Waals surface area contributed by atoms with Gasteiger partial charge in [0, 0.05) is 6.42 Å². The number of carboxylic acids is 1. The van der Waals surface area contributed by atoms with Crippen molar-refractivity contribution in [1.29, 1.82) is 0 Å². The summed E-state index contributed by atoms with van der Waals surface area (Å²) < 4.78 is 5.50. The number of aliphatic hydroxyl groups is 1. The largest absolute Gasteiger partial charge is 0.481 e. The molecule has 1 heterocycles. The van der Waals surface area contributed by atoms with Gasteiger partial charge in [-0.3, -0.25) is 4.79 Å². The van der Waals surface area contributed by atoms with E-state index in [1.54, 1.807) is 0 Å². The predicted octanol–water partition coefficient (Wildman–Crippen LogP) is 4.40. The van der Waals surface area contributed by atoms with Crippen LogP contribution in [0.3, 0.4) is 0 Å². The highest BCUT2D eigenvalue weighted by Crippen LogP contribution is 2.29. The monoisotopic (exact) mass is 336 g/mol. The van der Waals surface area contributed by atoms with Crippen molar-refractivity contribution in [2.24, 2.45) is 0 Å². The molecule has 0 aromatic carbocycles. The first-order chi connectivity index (χ1) is 11.6. The van der Waals surface area contributed by atoms with E-state index in [1.165, 1.54) is 12.8 Å². The van der Waals surface area contributed by atoms with Crippen LogP contribution >= 0.6 is 0 Å². The van der Waals surface area contributed by atoms with E-state index in [9.17, 15) is 9.90 Å². The molecule has 24 heavy (non-hydrogen) atoms. The number of ether oxygens (including phenoxy) is 1. The summed E-state index contributed by atoms with van der Waals surface area (Å²) in [5.41, 5.74) is 0. The van der Waals surface area contributed by atoms with E-state index < -0.39 is 5.97 Å². The van der Waals surface area contributed by atoms with Crippen molar-refractivity contribution in [1.82, 2.24) is 0 Å². The third-order valence-corrected chi connectivity index (χ3v) is 4.01. The lowest BCUT2D eigenvalue weighted by Crippen LogP contribution is -2.16. The number of hydrogen-bond acceptors (Lipinski definition) is 3. The number of unbranched alkanes of at least 4 members (excludes halogenated alkanes) is 3. The summed E-state index contributed by atoms with van der Waals surface area (Å²) in [5, 5.41) is 18.5. The van der Waals surface area contributed by atoms with Gasteiger partial charge in [-0.2, -0.15) is 0 Å². The van der Waals surface area contributed by atoms with Crippen molar-refractivity contribution < 1.29 is 19.7 Å². The Morgan fingerprint density at radius 1 is 1.08 bits per heavy atom. The Labute approximate surface area is 145 Å². The first-order valence-electron chi connectivity index (χ1n) is 9.17. The van der Waals surface area contributed by atoms with E-state index in [1.807, 2.05) is 12.2 Å². The van der Waals surface area contributed by atoms with Crippen LogP contribution in [0.1, 0.15) is 64.7 Å². The molecule has 3 unspecified atom stereocenters. The first-order valence-corrected chi connectivity index (χ1v) is 9.17. The normalized spacial score (nSPS) is 21.9. The summed E-state index contributed by atoms with van der Waals surface area (Å²) in [6, 6.07) is 0. The molecule has 1 aliphatic rings. The van der Waals surface area contributed by atoms with Crippen LogP contribution in [0.25, 0.3) is 0 Å². The fourth-order valence-corrected chi connectivity index (χ4v) is 2.52. The van der Waals surface area contributed by atoms with Gasteiger partial charge in [0.2, 0.25) is 0 Å². The van der Waals surface area contributed by atoms with Gasteiger partial charge < -0.3 is 14.9 Å². The maximum absolute atomic E-state index is 10.3. The summed E-state index contributed by atoms with van der Waals surface area (Å²) in [4.78, 5) is 10.3. The standard InChI is InChI=1S/C20H32O4/c1-2-3-11-14-17(21)20-18(24-20)15-12-9-7-5-4-6-8-10-13-16-19(22)23/h5-8,12,15,17-18,20-21H,2-4,9-11,13-14,16H2,1H3,(H,22,23). The Bertz CT molecular complexity index is 425. The fourth-order valence-electron chi connectivity index (χ4n) is 2.52. The second-order valence-corrected chi connectivity index (χ2v) is 6.26. The van der Waals surface area contributed by atoms with E-state index in [-0.39, 0.29) is 24.7 Å². The topological polar surface area (TPSA) is 70.1 Å². The van der Waals surface area contributed by atoms with Gasteiger partial charge in [-0.05, 0) is 32.1 Å². The average molecular weight is 336 g/mol. The van der Waals surface area contributed by atoms with Crippen molar-refractivity contribution in [2.75, 3.05) is 0 Å². The highest BCUT2D eigenvalue weighted by molar-refractivity contribution is 5.66. The number of allylic oxidation sites excluding steroid dienone is 5. The molecule has 2 N–H and O–H groups in total. The molecule has 0 spiro atoms. The highest BCUT2D eigenvalue weighted by Gasteiger charge is 2.41. The molecule has 1 fully saturated rings. The van der Waals surface area contributed by atoms with E-state index >= 15 is 0 Å². The summed E-state index contributed by atoms with van der Waals surface area (Å²) >= 11 is 0. The quantitative estimate of drug-likeness (QED) is 0.280. The van der Waals surface area contributed by atoms with E-state index in [0.29, 0.717) is 6.42 Å². The molecule has 1 saturated heterocycles. The maximum Gasteiger partial charge on any atom is 0.303 e. The van der Waals surface area contributed by atoms with Crippen molar-refractivity contribution in [3.05, 3.63) is 36.5 Å². The minimum absolute atomic E-state index is 0.00387. The molecule has 1 rings (SSSR count). The van der Waals surface area contributed by atoms with E-state index in [2.05, 4.69) is 31.2 Å². The van der Waals surface area contributed by atoms with Gasteiger partial charge in [-0.25, -0.2) is 0 Å². The van der Waals surface area contributed by atoms with E-state index in [0.717, 1.165) is 32.1 Å². The zero-order valence-corrected chi connectivity index (χ0v) is 14.8. The lowest BCUT2D eigenvalue weighted by molar-refractivity contribution is -0.137. The molecule has 0 radical (unpaired) electrons. The zero-order chi connectivity index (χ0) is 17.6. The lowest BCUT2D eigenvalue weighted by atomic mass is 10.1. The second kappa shape index (κ2) is 13.0. The van der Waals surface area contributed by atoms with Crippen LogP contribution < -0.4 is 0 Å². The molecule has 0 aliphatic carbocycles. The molecule has 0 aromatic rings. The molecule has 1 aliphatic heterocycles. The smallest absolute Gasteiger partial charge is 0.303 e. The zero-order valence-electron chi connectivity index (χ0n) is 14.8. The lowest BCUT2D eigenvalue weighted by Gasteiger charge is -2.05. The summed E-state index contributed by atoms with van der Waals surface area (Å²) in [6.45, 7) is 2.16. The molecule has 136 valence electrons. The highest BCUT2D eigenvalue weighted by atomic mass is 16.6.